The highest BCUT2D eigenvalue weighted by molar-refractivity contribution is 4.80. The molecule has 1 saturated heterocycles. The van der Waals surface area contributed by atoms with Crippen molar-refractivity contribution in [2.75, 3.05) is 19.7 Å². The number of aliphatic hydroxyl groups is 1. The Morgan fingerprint density at radius 3 is 3.06 bits per heavy atom. The van der Waals surface area contributed by atoms with E-state index in [0.29, 0.717) is 12.6 Å². The highest BCUT2D eigenvalue weighted by atomic mass is 16.2. The van der Waals surface area contributed by atoms with Crippen molar-refractivity contribution in [1.82, 2.24) is 14.5 Å². The van der Waals surface area contributed by atoms with Crippen LogP contribution in [-0.4, -0.2) is 45.3 Å². The Bertz CT molecular complexity index is 286. The molecule has 1 aliphatic heterocycles. The number of hydrogen-bond acceptors (Lipinski definition) is 3. The van der Waals surface area contributed by atoms with Gasteiger partial charge >= 0.3 is 0 Å². The molecule has 0 radical (unpaired) electrons. The molecule has 2 rings (SSSR count). The molecular weight excluding hydrogens is 202 g/mol. The molecule has 1 N–H and O–H groups in total. The molecule has 1 atom stereocenters. The van der Waals surface area contributed by atoms with Crippen LogP contribution in [0.4, 0.5) is 0 Å². The van der Waals surface area contributed by atoms with Crippen molar-refractivity contribution in [3.63, 3.8) is 0 Å². The predicted octanol–water partition coefficient (Wildman–Crippen LogP) is 1.12. The summed E-state index contributed by atoms with van der Waals surface area (Å²) in [6.45, 7) is 3.67. The first-order chi connectivity index (χ1) is 7.90. The molecule has 0 aromatic carbocycles. The van der Waals surface area contributed by atoms with Gasteiger partial charge < -0.3 is 9.67 Å². The zero-order chi connectivity index (χ0) is 11.2. The van der Waals surface area contributed by atoms with Gasteiger partial charge in [0.25, 0.3) is 0 Å². The van der Waals surface area contributed by atoms with Crippen molar-refractivity contribution >= 4 is 0 Å². The van der Waals surface area contributed by atoms with Gasteiger partial charge in [0.1, 0.15) is 0 Å². The van der Waals surface area contributed by atoms with E-state index >= 15 is 0 Å². The van der Waals surface area contributed by atoms with Gasteiger partial charge in [0.15, 0.2) is 0 Å². The van der Waals surface area contributed by atoms with E-state index in [1.807, 2.05) is 18.7 Å². The summed E-state index contributed by atoms with van der Waals surface area (Å²) < 4.78 is 2.13. The van der Waals surface area contributed by atoms with Crippen LogP contribution in [0.15, 0.2) is 18.7 Å². The van der Waals surface area contributed by atoms with Crippen LogP contribution in [0.1, 0.15) is 25.7 Å². The standard InChI is InChI=1S/C12H21N3O/c16-10-2-4-12-3-1-6-15(12)9-8-14-7-5-13-11-14/h5,7,11-12,16H,1-4,6,8-10H2. The van der Waals surface area contributed by atoms with Crippen LogP contribution in [0, 0.1) is 0 Å². The van der Waals surface area contributed by atoms with Gasteiger partial charge in [-0.15, -0.1) is 0 Å². The summed E-state index contributed by atoms with van der Waals surface area (Å²) in [4.78, 5) is 6.60. The van der Waals surface area contributed by atoms with Gasteiger partial charge in [-0.25, -0.2) is 4.98 Å². The fourth-order valence-corrected chi connectivity index (χ4v) is 2.51. The highest BCUT2D eigenvalue weighted by Crippen LogP contribution is 2.20. The van der Waals surface area contributed by atoms with E-state index in [9.17, 15) is 0 Å². The van der Waals surface area contributed by atoms with Crippen LogP contribution in [0.3, 0.4) is 0 Å². The minimum Gasteiger partial charge on any atom is -0.396 e. The Balaban J connectivity index is 1.75. The van der Waals surface area contributed by atoms with Crippen molar-refractivity contribution in [3.05, 3.63) is 18.7 Å². The quantitative estimate of drug-likeness (QED) is 0.785. The first-order valence-corrected chi connectivity index (χ1v) is 6.21. The molecular formula is C12H21N3O. The summed E-state index contributed by atoms with van der Waals surface area (Å²) in [5, 5.41) is 8.86. The van der Waals surface area contributed by atoms with E-state index < -0.39 is 0 Å². The molecule has 0 aliphatic carbocycles. The van der Waals surface area contributed by atoms with Crippen LogP contribution >= 0.6 is 0 Å². The third kappa shape index (κ3) is 3.06. The second-order valence-electron chi connectivity index (χ2n) is 4.50. The number of rotatable bonds is 6. The van der Waals surface area contributed by atoms with E-state index in [4.69, 9.17) is 5.11 Å². The summed E-state index contributed by atoms with van der Waals surface area (Å²) in [7, 11) is 0. The summed E-state index contributed by atoms with van der Waals surface area (Å²) in [5.41, 5.74) is 0. The maximum Gasteiger partial charge on any atom is 0.0946 e. The minimum atomic E-state index is 0.325. The van der Waals surface area contributed by atoms with E-state index in [-0.39, 0.29) is 0 Å². The number of imidazole rings is 1. The first kappa shape index (κ1) is 11.6. The molecule has 90 valence electrons. The van der Waals surface area contributed by atoms with Crippen LogP contribution in [0.25, 0.3) is 0 Å². The van der Waals surface area contributed by atoms with Gasteiger partial charge in [-0.05, 0) is 32.2 Å². The van der Waals surface area contributed by atoms with Crippen molar-refractivity contribution < 1.29 is 5.11 Å². The summed E-state index contributed by atoms with van der Waals surface area (Å²) >= 11 is 0. The molecule has 2 heterocycles. The maximum atomic E-state index is 8.86. The van der Waals surface area contributed by atoms with Crippen LogP contribution < -0.4 is 0 Å². The fourth-order valence-electron chi connectivity index (χ4n) is 2.51. The van der Waals surface area contributed by atoms with Crippen LogP contribution in [0.2, 0.25) is 0 Å². The number of aromatic nitrogens is 2. The van der Waals surface area contributed by atoms with E-state index in [0.717, 1.165) is 25.9 Å². The second-order valence-corrected chi connectivity index (χ2v) is 4.50. The van der Waals surface area contributed by atoms with E-state index in [2.05, 4.69) is 14.5 Å². The highest BCUT2D eigenvalue weighted by Gasteiger charge is 2.23. The zero-order valence-corrected chi connectivity index (χ0v) is 9.76. The largest absolute Gasteiger partial charge is 0.396 e. The lowest BCUT2D eigenvalue weighted by Gasteiger charge is -2.24. The van der Waals surface area contributed by atoms with E-state index in [1.54, 1.807) is 0 Å². The molecule has 0 saturated carbocycles. The number of likely N-dealkylation sites (tertiary alicyclic amines) is 1. The predicted molar refractivity (Wildman–Crippen MR) is 63.1 cm³/mol. The first-order valence-electron chi connectivity index (χ1n) is 6.21. The van der Waals surface area contributed by atoms with Gasteiger partial charge in [-0.1, -0.05) is 0 Å². The van der Waals surface area contributed by atoms with Crippen molar-refractivity contribution in [2.24, 2.45) is 0 Å². The lowest BCUT2D eigenvalue weighted by molar-refractivity contribution is 0.210. The summed E-state index contributed by atoms with van der Waals surface area (Å²) in [6.07, 6.45) is 10.4. The van der Waals surface area contributed by atoms with Crippen LogP contribution in [-0.2, 0) is 6.54 Å². The normalized spacial score (nSPS) is 21.7. The molecule has 0 bridgehead atoms. The van der Waals surface area contributed by atoms with Gasteiger partial charge in [0.2, 0.25) is 0 Å². The van der Waals surface area contributed by atoms with Gasteiger partial charge in [0, 0.05) is 38.1 Å². The molecule has 1 aliphatic rings. The van der Waals surface area contributed by atoms with Crippen LogP contribution in [0.5, 0.6) is 0 Å². The average Bonchev–Trinajstić information content (AvgIpc) is 2.94. The van der Waals surface area contributed by atoms with Gasteiger partial charge in [-0.3, -0.25) is 4.90 Å². The minimum absolute atomic E-state index is 0.325. The number of nitrogens with zero attached hydrogens (tertiary/aromatic N) is 3. The molecule has 4 heteroatoms. The Morgan fingerprint density at radius 2 is 2.31 bits per heavy atom. The van der Waals surface area contributed by atoms with Gasteiger partial charge in [-0.2, -0.15) is 0 Å². The molecule has 1 aromatic heterocycles. The lowest BCUT2D eigenvalue weighted by atomic mass is 10.1. The maximum absolute atomic E-state index is 8.86. The molecule has 1 fully saturated rings. The molecule has 0 spiro atoms. The monoisotopic (exact) mass is 223 g/mol. The van der Waals surface area contributed by atoms with Crippen molar-refractivity contribution in [1.29, 1.82) is 0 Å². The third-order valence-electron chi connectivity index (χ3n) is 3.40. The molecule has 4 nitrogen and oxygen atoms in total. The fraction of sp³-hybridized carbons (Fsp3) is 0.750. The molecule has 16 heavy (non-hydrogen) atoms. The average molecular weight is 223 g/mol. The van der Waals surface area contributed by atoms with Gasteiger partial charge in [0.05, 0.1) is 6.33 Å². The lowest BCUT2D eigenvalue weighted by Crippen LogP contribution is -2.32. The topological polar surface area (TPSA) is 41.3 Å². The third-order valence-corrected chi connectivity index (χ3v) is 3.40. The molecule has 1 aromatic rings. The van der Waals surface area contributed by atoms with Crippen molar-refractivity contribution in [2.45, 2.75) is 38.3 Å². The van der Waals surface area contributed by atoms with Crippen molar-refractivity contribution in [3.8, 4) is 0 Å². The zero-order valence-electron chi connectivity index (χ0n) is 9.76. The number of hydrogen-bond donors (Lipinski definition) is 1. The Hall–Kier alpha value is -0.870. The Kier molecular flexibility index (Phi) is 4.36. The Morgan fingerprint density at radius 1 is 1.38 bits per heavy atom. The molecule has 1 unspecified atom stereocenters. The Labute approximate surface area is 96.9 Å². The summed E-state index contributed by atoms with van der Waals surface area (Å²) in [5.74, 6) is 0. The second kappa shape index (κ2) is 6.01. The number of aliphatic hydroxyl groups excluding tert-OH is 1. The smallest absolute Gasteiger partial charge is 0.0946 e. The SMILES string of the molecule is OCCCC1CCCN1CCn1ccnc1. The summed E-state index contributed by atoms with van der Waals surface area (Å²) in [6, 6.07) is 0.690. The van der Waals surface area contributed by atoms with E-state index in [1.165, 1.54) is 19.4 Å². The molecule has 0 amide bonds.